The molecule has 0 fully saturated rings. The zero-order chi connectivity index (χ0) is 32.5. The monoisotopic (exact) mass is 645 g/mol. The SMILES string of the molecule is CCOc1cc(C(=O)NCc2nnc(SCC(=O)N3CCCc4ccccc43)n2-c2ccccc2OC)cc(OCC)c1OCC. The van der Waals surface area contributed by atoms with Gasteiger partial charge in [0.15, 0.2) is 22.5 Å². The highest BCUT2D eigenvalue weighted by Crippen LogP contribution is 2.39. The molecule has 4 aromatic rings. The molecule has 1 aliphatic rings. The van der Waals surface area contributed by atoms with Gasteiger partial charge in [0, 0.05) is 17.8 Å². The molecular formula is C34H39N5O6S. The molecule has 242 valence electrons. The number of amides is 2. The van der Waals surface area contributed by atoms with Crippen LogP contribution in [0.4, 0.5) is 5.69 Å². The molecular weight excluding hydrogens is 606 g/mol. The zero-order valence-electron chi connectivity index (χ0n) is 26.6. The summed E-state index contributed by atoms with van der Waals surface area (Å²) in [5.41, 5.74) is 3.18. The number of nitrogens with one attached hydrogen (secondary N) is 1. The fourth-order valence-electron chi connectivity index (χ4n) is 5.34. The number of aryl methyl sites for hydroxylation is 1. The van der Waals surface area contributed by atoms with Gasteiger partial charge in [0.05, 0.1) is 44.9 Å². The van der Waals surface area contributed by atoms with Gasteiger partial charge in [-0.15, -0.1) is 10.2 Å². The predicted molar refractivity (Wildman–Crippen MR) is 177 cm³/mol. The third-order valence-electron chi connectivity index (χ3n) is 7.34. The first-order chi connectivity index (χ1) is 22.5. The summed E-state index contributed by atoms with van der Waals surface area (Å²) >= 11 is 1.29. The highest BCUT2D eigenvalue weighted by Gasteiger charge is 2.25. The van der Waals surface area contributed by atoms with E-state index in [1.54, 1.807) is 19.2 Å². The first-order valence-corrected chi connectivity index (χ1v) is 16.4. The lowest BCUT2D eigenvalue weighted by Gasteiger charge is -2.29. The number of nitrogens with zero attached hydrogens (tertiary/aromatic N) is 4. The van der Waals surface area contributed by atoms with E-state index in [9.17, 15) is 9.59 Å². The molecule has 3 aromatic carbocycles. The van der Waals surface area contributed by atoms with E-state index in [-0.39, 0.29) is 24.1 Å². The van der Waals surface area contributed by atoms with Crippen molar-refractivity contribution in [3.05, 3.63) is 77.6 Å². The van der Waals surface area contributed by atoms with E-state index in [1.165, 1.54) is 17.3 Å². The van der Waals surface area contributed by atoms with Gasteiger partial charge in [0.25, 0.3) is 5.91 Å². The van der Waals surface area contributed by atoms with Crippen LogP contribution in [0.2, 0.25) is 0 Å². The van der Waals surface area contributed by atoms with Gasteiger partial charge < -0.3 is 29.2 Å². The lowest BCUT2D eigenvalue weighted by atomic mass is 10.0. The van der Waals surface area contributed by atoms with E-state index in [0.29, 0.717) is 71.6 Å². The van der Waals surface area contributed by atoms with Crippen LogP contribution in [0, 0.1) is 0 Å². The van der Waals surface area contributed by atoms with Gasteiger partial charge in [-0.25, -0.2) is 0 Å². The average molecular weight is 646 g/mol. The number of para-hydroxylation sites is 3. The van der Waals surface area contributed by atoms with Crippen LogP contribution in [0.1, 0.15) is 48.9 Å². The van der Waals surface area contributed by atoms with Crippen LogP contribution >= 0.6 is 11.8 Å². The van der Waals surface area contributed by atoms with Gasteiger partial charge in [-0.3, -0.25) is 14.2 Å². The van der Waals surface area contributed by atoms with Gasteiger partial charge in [-0.05, 0) is 69.5 Å². The number of aromatic nitrogens is 3. The Bertz CT molecular complexity index is 1650. The van der Waals surface area contributed by atoms with E-state index >= 15 is 0 Å². The first-order valence-electron chi connectivity index (χ1n) is 15.4. The average Bonchev–Trinajstić information content (AvgIpc) is 3.49. The molecule has 0 aliphatic carbocycles. The Hall–Kier alpha value is -4.71. The summed E-state index contributed by atoms with van der Waals surface area (Å²) in [4.78, 5) is 28.7. The predicted octanol–water partition coefficient (Wildman–Crippen LogP) is 5.47. The quantitative estimate of drug-likeness (QED) is 0.178. The summed E-state index contributed by atoms with van der Waals surface area (Å²) in [5, 5.41) is 12.3. The highest BCUT2D eigenvalue weighted by molar-refractivity contribution is 7.99. The van der Waals surface area contributed by atoms with E-state index in [0.717, 1.165) is 18.5 Å². The summed E-state index contributed by atoms with van der Waals surface area (Å²) in [6.45, 7) is 7.54. The molecule has 2 heterocycles. The van der Waals surface area contributed by atoms with Gasteiger partial charge in [-0.1, -0.05) is 42.1 Å². The number of thioether (sulfide) groups is 1. The molecule has 12 heteroatoms. The first kappa shape index (κ1) is 32.7. The summed E-state index contributed by atoms with van der Waals surface area (Å²) in [6, 6.07) is 18.8. The van der Waals surface area contributed by atoms with Crippen LogP contribution in [0.15, 0.2) is 65.8 Å². The lowest BCUT2D eigenvalue weighted by Crippen LogP contribution is -2.36. The fraction of sp³-hybridized carbons (Fsp3) is 0.353. The number of fused-ring (bicyclic) bond motifs is 1. The summed E-state index contributed by atoms with van der Waals surface area (Å²) in [7, 11) is 1.59. The molecule has 5 rings (SSSR count). The van der Waals surface area contributed by atoms with Gasteiger partial charge in [0.2, 0.25) is 11.7 Å². The van der Waals surface area contributed by atoms with Crippen LogP contribution in [0.25, 0.3) is 5.69 Å². The second-order valence-corrected chi connectivity index (χ2v) is 11.2. The maximum absolute atomic E-state index is 13.5. The Labute approximate surface area is 273 Å². The number of benzene rings is 3. The number of rotatable bonds is 14. The molecule has 0 atom stereocenters. The fourth-order valence-corrected chi connectivity index (χ4v) is 6.18. The Morgan fingerprint density at radius 3 is 2.24 bits per heavy atom. The summed E-state index contributed by atoms with van der Waals surface area (Å²) in [6.07, 6.45) is 1.88. The molecule has 0 saturated carbocycles. The maximum Gasteiger partial charge on any atom is 0.251 e. The molecule has 46 heavy (non-hydrogen) atoms. The van der Waals surface area contributed by atoms with Gasteiger partial charge in [-0.2, -0.15) is 0 Å². The van der Waals surface area contributed by atoms with Crippen molar-refractivity contribution in [1.29, 1.82) is 0 Å². The minimum absolute atomic E-state index is 0.00714. The van der Waals surface area contributed by atoms with Crippen LogP contribution in [-0.2, 0) is 17.8 Å². The smallest absolute Gasteiger partial charge is 0.251 e. The Morgan fingerprint density at radius 1 is 0.870 bits per heavy atom. The number of carbonyl (C=O) groups is 2. The number of hydrogen-bond acceptors (Lipinski definition) is 9. The zero-order valence-corrected chi connectivity index (χ0v) is 27.4. The standard InChI is InChI=1S/C34H39N5O6S/c1-5-43-28-19-24(20-29(44-6-2)32(28)45-7-3)33(41)35-21-30-36-37-34(39(30)26-16-10-11-17-27(26)42-4)46-22-31(40)38-18-12-14-23-13-8-9-15-25(23)38/h8-11,13,15-17,19-20H,5-7,12,14,18,21-22H2,1-4H3,(H,35,41). The van der Waals surface area contributed by atoms with Gasteiger partial charge in [0.1, 0.15) is 5.75 Å². The van der Waals surface area contributed by atoms with Gasteiger partial charge >= 0.3 is 0 Å². The van der Waals surface area contributed by atoms with Crippen molar-refractivity contribution < 1.29 is 28.5 Å². The number of anilines is 1. The van der Waals surface area contributed by atoms with Crippen molar-refractivity contribution in [3.63, 3.8) is 0 Å². The highest BCUT2D eigenvalue weighted by atomic mass is 32.2. The third-order valence-corrected chi connectivity index (χ3v) is 8.25. The van der Waals surface area contributed by atoms with Crippen molar-refractivity contribution in [2.75, 3.05) is 44.1 Å². The van der Waals surface area contributed by atoms with Crippen LogP contribution in [0.5, 0.6) is 23.0 Å². The summed E-state index contributed by atoms with van der Waals surface area (Å²) < 4.78 is 24.8. The van der Waals surface area contributed by atoms with Crippen molar-refractivity contribution >= 4 is 29.3 Å². The van der Waals surface area contributed by atoms with Crippen LogP contribution < -0.4 is 29.2 Å². The topological polar surface area (TPSA) is 117 Å². The Balaban J connectivity index is 1.39. The normalized spacial score (nSPS) is 12.3. The van der Waals surface area contributed by atoms with E-state index in [2.05, 4.69) is 21.6 Å². The largest absolute Gasteiger partial charge is 0.495 e. The van der Waals surface area contributed by atoms with Crippen LogP contribution in [-0.4, -0.2) is 65.8 Å². The second-order valence-electron chi connectivity index (χ2n) is 10.3. The minimum Gasteiger partial charge on any atom is -0.495 e. The van der Waals surface area contributed by atoms with Crippen molar-refractivity contribution in [2.24, 2.45) is 0 Å². The molecule has 0 radical (unpaired) electrons. The molecule has 0 saturated heterocycles. The molecule has 2 amide bonds. The molecule has 1 N–H and O–H groups in total. The third kappa shape index (κ3) is 7.23. The molecule has 0 spiro atoms. The lowest BCUT2D eigenvalue weighted by molar-refractivity contribution is -0.116. The maximum atomic E-state index is 13.5. The minimum atomic E-state index is -0.354. The molecule has 0 bridgehead atoms. The molecule has 1 aliphatic heterocycles. The van der Waals surface area contributed by atoms with E-state index in [4.69, 9.17) is 18.9 Å². The van der Waals surface area contributed by atoms with E-state index in [1.807, 2.05) is 72.7 Å². The number of ether oxygens (including phenoxy) is 4. The molecule has 11 nitrogen and oxygen atoms in total. The van der Waals surface area contributed by atoms with E-state index < -0.39 is 0 Å². The van der Waals surface area contributed by atoms with Crippen molar-refractivity contribution in [3.8, 4) is 28.7 Å². The molecule has 1 aromatic heterocycles. The van der Waals surface area contributed by atoms with Crippen LogP contribution in [0.3, 0.4) is 0 Å². The number of methoxy groups -OCH3 is 1. The molecule has 0 unspecified atom stereocenters. The Kier molecular flexibility index (Phi) is 11.0. The van der Waals surface area contributed by atoms with Crippen molar-refractivity contribution in [2.45, 2.75) is 45.3 Å². The second kappa shape index (κ2) is 15.5. The number of hydrogen-bond donors (Lipinski definition) is 1. The number of carbonyl (C=O) groups excluding carboxylic acids is 2. The summed E-state index contributed by atoms with van der Waals surface area (Å²) in [5.74, 6) is 2.19. The van der Waals surface area contributed by atoms with Crippen molar-refractivity contribution in [1.82, 2.24) is 20.1 Å². The Morgan fingerprint density at radius 2 is 1.54 bits per heavy atom.